The second kappa shape index (κ2) is 4.90. The van der Waals surface area contributed by atoms with E-state index in [0.717, 1.165) is 21.3 Å². The van der Waals surface area contributed by atoms with Gasteiger partial charge in [0.15, 0.2) is 0 Å². The number of hydrogen-bond acceptors (Lipinski definition) is 2. The van der Waals surface area contributed by atoms with E-state index >= 15 is 0 Å². The smallest absolute Gasteiger partial charge is 0.231 e. The van der Waals surface area contributed by atoms with Gasteiger partial charge in [0.25, 0.3) is 0 Å². The zero-order chi connectivity index (χ0) is 14.3. The van der Waals surface area contributed by atoms with Crippen molar-refractivity contribution in [1.29, 1.82) is 0 Å². The normalized spacial score (nSPS) is 13.7. The fourth-order valence-corrected chi connectivity index (χ4v) is 2.79. The summed E-state index contributed by atoms with van der Waals surface area (Å²) in [4.78, 5) is 13.8. The summed E-state index contributed by atoms with van der Waals surface area (Å²) in [6.07, 6.45) is 0.351. The second-order valence-corrected chi connectivity index (χ2v) is 5.64. The molecule has 3 rings (SSSR count). The van der Waals surface area contributed by atoms with Crippen LogP contribution < -0.4 is 10.6 Å². The van der Waals surface area contributed by atoms with E-state index in [1.807, 2.05) is 6.07 Å². The van der Waals surface area contributed by atoms with Gasteiger partial charge in [-0.15, -0.1) is 0 Å². The zero-order valence-corrected chi connectivity index (χ0v) is 12.2. The molecule has 3 nitrogen and oxygen atoms in total. The molecule has 2 aromatic carbocycles. The third-order valence-electron chi connectivity index (χ3n) is 3.36. The van der Waals surface area contributed by atoms with E-state index in [9.17, 15) is 9.18 Å². The Balaban J connectivity index is 1.96. The van der Waals surface area contributed by atoms with Crippen molar-refractivity contribution in [3.63, 3.8) is 0 Å². The van der Waals surface area contributed by atoms with Gasteiger partial charge >= 0.3 is 0 Å². The first-order valence-electron chi connectivity index (χ1n) is 6.17. The number of fused-ring (bicyclic) bond motifs is 1. The summed E-state index contributed by atoms with van der Waals surface area (Å²) in [7, 11) is 0. The maximum Gasteiger partial charge on any atom is 0.231 e. The molecular weight excluding hydrogens is 323 g/mol. The lowest BCUT2D eigenvalue weighted by Gasteiger charge is -2.18. The van der Waals surface area contributed by atoms with Crippen LogP contribution in [0.2, 0.25) is 0 Å². The molecule has 0 fully saturated rings. The molecule has 2 aromatic rings. The van der Waals surface area contributed by atoms with Crippen molar-refractivity contribution < 1.29 is 9.18 Å². The summed E-state index contributed by atoms with van der Waals surface area (Å²) in [6.45, 7) is 0.352. The van der Waals surface area contributed by atoms with Crippen LogP contribution in [0, 0.1) is 5.82 Å². The van der Waals surface area contributed by atoms with Crippen LogP contribution in [0.4, 0.5) is 15.8 Å². The average molecular weight is 335 g/mol. The summed E-state index contributed by atoms with van der Waals surface area (Å²) in [5, 5.41) is 0. The van der Waals surface area contributed by atoms with Crippen LogP contribution in [0.15, 0.2) is 40.9 Å². The molecule has 0 bridgehead atoms. The Kier molecular flexibility index (Phi) is 3.22. The van der Waals surface area contributed by atoms with Gasteiger partial charge in [-0.25, -0.2) is 4.39 Å². The Morgan fingerprint density at radius 3 is 2.85 bits per heavy atom. The summed E-state index contributed by atoms with van der Waals surface area (Å²) in [5.41, 5.74) is 8.96. The number of nitrogen functional groups attached to an aromatic ring is 1. The van der Waals surface area contributed by atoms with Gasteiger partial charge < -0.3 is 10.6 Å². The molecule has 102 valence electrons. The van der Waals surface area contributed by atoms with Crippen molar-refractivity contribution in [2.24, 2.45) is 0 Å². The largest absolute Gasteiger partial charge is 0.398 e. The SMILES string of the molecule is Nc1cc2c(cc1Br)CC(=O)N2Cc1cccc(F)c1. The molecule has 0 unspecified atom stereocenters. The number of amides is 1. The van der Waals surface area contributed by atoms with Crippen LogP contribution >= 0.6 is 15.9 Å². The Labute approximate surface area is 124 Å². The molecule has 5 heteroatoms. The Morgan fingerprint density at radius 1 is 1.30 bits per heavy atom. The molecule has 0 radical (unpaired) electrons. The quantitative estimate of drug-likeness (QED) is 0.857. The summed E-state index contributed by atoms with van der Waals surface area (Å²) in [6, 6.07) is 9.92. The van der Waals surface area contributed by atoms with Crippen LogP contribution in [0.3, 0.4) is 0 Å². The maximum atomic E-state index is 13.2. The highest BCUT2D eigenvalue weighted by atomic mass is 79.9. The van der Waals surface area contributed by atoms with Crippen molar-refractivity contribution in [1.82, 2.24) is 0 Å². The molecule has 0 atom stereocenters. The van der Waals surface area contributed by atoms with E-state index in [2.05, 4.69) is 15.9 Å². The van der Waals surface area contributed by atoms with Crippen molar-refractivity contribution in [3.8, 4) is 0 Å². The zero-order valence-electron chi connectivity index (χ0n) is 10.6. The highest BCUT2D eigenvalue weighted by Gasteiger charge is 2.28. The number of rotatable bonds is 2. The predicted octanol–water partition coefficient (Wildman–Crippen LogP) is 3.26. The third-order valence-corrected chi connectivity index (χ3v) is 4.05. The van der Waals surface area contributed by atoms with E-state index in [0.29, 0.717) is 18.7 Å². The Hall–Kier alpha value is -1.88. The number of halogens is 2. The summed E-state index contributed by atoms with van der Waals surface area (Å²) >= 11 is 3.36. The maximum absolute atomic E-state index is 13.2. The van der Waals surface area contributed by atoms with E-state index in [4.69, 9.17) is 5.73 Å². The van der Waals surface area contributed by atoms with Crippen LogP contribution in [0.25, 0.3) is 0 Å². The lowest BCUT2D eigenvalue weighted by atomic mass is 10.1. The number of anilines is 2. The molecular formula is C15H12BrFN2O. The minimum absolute atomic E-state index is 0.00163. The number of carbonyl (C=O) groups excluding carboxylic acids is 1. The molecule has 0 saturated heterocycles. The fourth-order valence-electron chi connectivity index (χ4n) is 2.40. The Morgan fingerprint density at radius 2 is 2.10 bits per heavy atom. The van der Waals surface area contributed by atoms with E-state index in [1.165, 1.54) is 12.1 Å². The first kappa shape index (κ1) is 13.1. The highest BCUT2D eigenvalue weighted by molar-refractivity contribution is 9.10. The molecule has 0 spiro atoms. The lowest BCUT2D eigenvalue weighted by molar-refractivity contribution is -0.117. The molecule has 1 aliphatic heterocycles. The van der Waals surface area contributed by atoms with Crippen molar-refractivity contribution in [2.75, 3.05) is 10.6 Å². The molecule has 0 aliphatic carbocycles. The number of hydrogen-bond donors (Lipinski definition) is 1. The molecule has 20 heavy (non-hydrogen) atoms. The molecule has 0 aromatic heterocycles. The number of carbonyl (C=O) groups is 1. The third kappa shape index (κ3) is 2.29. The average Bonchev–Trinajstić information content (AvgIpc) is 2.67. The monoisotopic (exact) mass is 334 g/mol. The van der Waals surface area contributed by atoms with Crippen LogP contribution in [-0.4, -0.2) is 5.91 Å². The van der Waals surface area contributed by atoms with E-state index in [-0.39, 0.29) is 11.7 Å². The first-order chi connectivity index (χ1) is 9.54. The summed E-state index contributed by atoms with van der Waals surface area (Å²) < 4.78 is 14.0. The van der Waals surface area contributed by atoms with Gasteiger partial charge in [0, 0.05) is 15.8 Å². The summed E-state index contributed by atoms with van der Waals surface area (Å²) in [5.74, 6) is -0.300. The second-order valence-electron chi connectivity index (χ2n) is 4.79. The predicted molar refractivity (Wildman–Crippen MR) is 79.8 cm³/mol. The number of nitrogens with zero attached hydrogens (tertiary/aromatic N) is 1. The van der Waals surface area contributed by atoms with Gasteiger partial charge in [0.05, 0.1) is 13.0 Å². The lowest BCUT2D eigenvalue weighted by Crippen LogP contribution is -2.26. The first-order valence-corrected chi connectivity index (χ1v) is 6.96. The van der Waals surface area contributed by atoms with Crippen molar-refractivity contribution in [3.05, 3.63) is 57.8 Å². The van der Waals surface area contributed by atoms with Gasteiger partial charge in [0.2, 0.25) is 5.91 Å². The number of nitrogens with two attached hydrogens (primary N) is 1. The van der Waals surface area contributed by atoms with E-state index < -0.39 is 0 Å². The minimum Gasteiger partial charge on any atom is -0.398 e. The minimum atomic E-state index is -0.301. The topological polar surface area (TPSA) is 46.3 Å². The number of benzene rings is 2. The van der Waals surface area contributed by atoms with Gasteiger partial charge in [0.1, 0.15) is 5.82 Å². The van der Waals surface area contributed by atoms with E-state index in [1.54, 1.807) is 23.1 Å². The van der Waals surface area contributed by atoms with Crippen LogP contribution in [0.1, 0.15) is 11.1 Å². The standard InChI is InChI=1S/C15H12BrFN2O/c16-12-5-10-6-15(20)19(14(10)7-13(12)18)8-9-2-1-3-11(17)4-9/h1-5,7H,6,8,18H2. The van der Waals surface area contributed by atoms with Crippen molar-refractivity contribution >= 4 is 33.2 Å². The molecule has 2 N–H and O–H groups in total. The van der Waals surface area contributed by atoms with Crippen LogP contribution in [-0.2, 0) is 17.8 Å². The van der Waals surface area contributed by atoms with Gasteiger partial charge in [-0.2, -0.15) is 0 Å². The highest BCUT2D eigenvalue weighted by Crippen LogP contribution is 2.35. The fraction of sp³-hybridized carbons (Fsp3) is 0.133. The van der Waals surface area contributed by atoms with Gasteiger partial charge in [-0.1, -0.05) is 12.1 Å². The molecule has 1 heterocycles. The van der Waals surface area contributed by atoms with Crippen molar-refractivity contribution in [2.45, 2.75) is 13.0 Å². The molecule has 1 aliphatic rings. The Bertz CT molecular complexity index is 702. The van der Waals surface area contributed by atoms with Crippen LogP contribution in [0.5, 0.6) is 0 Å². The molecule has 0 saturated carbocycles. The van der Waals surface area contributed by atoms with Gasteiger partial charge in [-0.05, 0) is 51.3 Å². The van der Waals surface area contributed by atoms with Gasteiger partial charge in [-0.3, -0.25) is 4.79 Å². The molecule has 1 amide bonds.